The van der Waals surface area contributed by atoms with Gasteiger partial charge in [0.05, 0.1) is 6.61 Å². The molecular formula is C13H27N3O. The summed E-state index contributed by atoms with van der Waals surface area (Å²) in [6, 6.07) is 0.862. The Kier molecular flexibility index (Phi) is 5.71. The molecule has 2 rings (SSSR count). The van der Waals surface area contributed by atoms with Crippen LogP contribution in [0.5, 0.6) is 0 Å². The van der Waals surface area contributed by atoms with E-state index in [1.54, 1.807) is 7.11 Å². The molecule has 0 radical (unpaired) electrons. The highest BCUT2D eigenvalue weighted by Gasteiger charge is 2.20. The minimum Gasteiger partial charge on any atom is -0.383 e. The number of nitrogens with zero attached hydrogens (tertiary/aromatic N) is 2. The van der Waals surface area contributed by atoms with Gasteiger partial charge in [0.1, 0.15) is 0 Å². The number of piperazine rings is 1. The van der Waals surface area contributed by atoms with Gasteiger partial charge in [0, 0.05) is 45.9 Å². The highest BCUT2D eigenvalue weighted by Crippen LogP contribution is 2.18. The van der Waals surface area contributed by atoms with Gasteiger partial charge in [-0.15, -0.1) is 0 Å². The van der Waals surface area contributed by atoms with Crippen LogP contribution in [0.2, 0.25) is 0 Å². The predicted molar refractivity (Wildman–Crippen MR) is 70.4 cm³/mol. The van der Waals surface area contributed by atoms with Crippen molar-refractivity contribution in [1.82, 2.24) is 15.1 Å². The molecule has 1 saturated carbocycles. The maximum atomic E-state index is 5.12. The van der Waals surface area contributed by atoms with Crippen molar-refractivity contribution >= 4 is 0 Å². The summed E-state index contributed by atoms with van der Waals surface area (Å²) in [6.45, 7) is 9.30. The fourth-order valence-corrected chi connectivity index (χ4v) is 2.35. The first-order chi connectivity index (χ1) is 8.38. The van der Waals surface area contributed by atoms with Crippen molar-refractivity contribution in [2.45, 2.75) is 25.3 Å². The van der Waals surface area contributed by atoms with Gasteiger partial charge < -0.3 is 15.0 Å². The van der Waals surface area contributed by atoms with Crippen LogP contribution in [0.4, 0.5) is 0 Å². The fraction of sp³-hybridized carbons (Fsp3) is 1.00. The first-order valence-corrected chi connectivity index (χ1v) is 7.05. The molecule has 4 nitrogen and oxygen atoms in total. The van der Waals surface area contributed by atoms with Crippen LogP contribution in [-0.2, 0) is 4.74 Å². The molecule has 0 aromatic carbocycles. The molecule has 2 aliphatic rings. The molecule has 0 unspecified atom stereocenters. The van der Waals surface area contributed by atoms with Gasteiger partial charge >= 0.3 is 0 Å². The molecule has 2 fully saturated rings. The number of rotatable bonds is 8. The standard InChI is InChI=1S/C13H27N3O/c1-17-12-11-16-9-7-15(8-10-16)6-2-5-14-13-3-4-13/h13-14H,2-12H2,1H3. The maximum Gasteiger partial charge on any atom is 0.0589 e. The van der Waals surface area contributed by atoms with Crippen molar-refractivity contribution < 1.29 is 4.74 Å². The van der Waals surface area contributed by atoms with Gasteiger partial charge in [-0.05, 0) is 32.4 Å². The van der Waals surface area contributed by atoms with Crippen molar-refractivity contribution in [2.75, 3.05) is 59.5 Å². The summed E-state index contributed by atoms with van der Waals surface area (Å²) in [6.07, 6.45) is 4.10. The van der Waals surface area contributed by atoms with E-state index in [1.165, 1.54) is 58.5 Å². The third kappa shape index (κ3) is 5.34. The van der Waals surface area contributed by atoms with E-state index in [-0.39, 0.29) is 0 Å². The summed E-state index contributed by atoms with van der Waals surface area (Å²) in [5.41, 5.74) is 0. The van der Waals surface area contributed by atoms with Gasteiger partial charge in [-0.2, -0.15) is 0 Å². The van der Waals surface area contributed by atoms with Crippen LogP contribution in [0.15, 0.2) is 0 Å². The summed E-state index contributed by atoms with van der Waals surface area (Å²) in [5.74, 6) is 0. The summed E-state index contributed by atoms with van der Waals surface area (Å²) >= 11 is 0. The van der Waals surface area contributed by atoms with E-state index in [0.717, 1.165) is 19.2 Å². The Morgan fingerprint density at radius 2 is 1.71 bits per heavy atom. The lowest BCUT2D eigenvalue weighted by atomic mass is 10.3. The molecule has 1 saturated heterocycles. The molecule has 0 amide bonds. The van der Waals surface area contributed by atoms with E-state index in [9.17, 15) is 0 Å². The summed E-state index contributed by atoms with van der Waals surface area (Å²) in [7, 11) is 1.78. The highest BCUT2D eigenvalue weighted by atomic mass is 16.5. The Morgan fingerprint density at radius 3 is 2.29 bits per heavy atom. The summed E-state index contributed by atoms with van der Waals surface area (Å²) < 4.78 is 5.12. The third-order valence-electron chi connectivity index (χ3n) is 3.74. The molecule has 0 spiro atoms. The zero-order valence-corrected chi connectivity index (χ0v) is 11.2. The average Bonchev–Trinajstić information content (AvgIpc) is 3.18. The normalized spacial score (nSPS) is 23.1. The van der Waals surface area contributed by atoms with E-state index in [1.807, 2.05) is 0 Å². The van der Waals surface area contributed by atoms with E-state index >= 15 is 0 Å². The second-order valence-corrected chi connectivity index (χ2v) is 5.26. The van der Waals surface area contributed by atoms with E-state index < -0.39 is 0 Å². The highest BCUT2D eigenvalue weighted by molar-refractivity contribution is 4.80. The minimum absolute atomic E-state index is 0.862. The summed E-state index contributed by atoms with van der Waals surface area (Å²) in [4.78, 5) is 5.10. The van der Waals surface area contributed by atoms with Crippen LogP contribution < -0.4 is 5.32 Å². The Bertz CT molecular complexity index is 201. The van der Waals surface area contributed by atoms with Crippen molar-refractivity contribution in [3.8, 4) is 0 Å². The number of ether oxygens (including phenoxy) is 1. The van der Waals surface area contributed by atoms with Crippen LogP contribution in [-0.4, -0.2) is 75.4 Å². The predicted octanol–water partition coefficient (Wildman–Crippen LogP) is 0.393. The lowest BCUT2D eigenvalue weighted by Gasteiger charge is -2.34. The van der Waals surface area contributed by atoms with Gasteiger partial charge in [-0.1, -0.05) is 0 Å². The fourth-order valence-electron chi connectivity index (χ4n) is 2.35. The van der Waals surface area contributed by atoms with Gasteiger partial charge in [-0.25, -0.2) is 0 Å². The molecule has 100 valence electrons. The van der Waals surface area contributed by atoms with Crippen molar-refractivity contribution in [3.63, 3.8) is 0 Å². The van der Waals surface area contributed by atoms with E-state index in [2.05, 4.69) is 15.1 Å². The monoisotopic (exact) mass is 241 g/mol. The third-order valence-corrected chi connectivity index (χ3v) is 3.74. The minimum atomic E-state index is 0.862. The van der Waals surface area contributed by atoms with Crippen molar-refractivity contribution in [1.29, 1.82) is 0 Å². The number of nitrogens with one attached hydrogen (secondary N) is 1. The zero-order chi connectivity index (χ0) is 11.9. The van der Waals surface area contributed by atoms with Crippen LogP contribution in [0.3, 0.4) is 0 Å². The largest absolute Gasteiger partial charge is 0.383 e. The molecule has 1 heterocycles. The zero-order valence-electron chi connectivity index (χ0n) is 11.2. The van der Waals surface area contributed by atoms with Crippen molar-refractivity contribution in [3.05, 3.63) is 0 Å². The van der Waals surface area contributed by atoms with Crippen LogP contribution in [0, 0.1) is 0 Å². The first-order valence-electron chi connectivity index (χ1n) is 7.05. The van der Waals surface area contributed by atoms with Crippen LogP contribution in [0.25, 0.3) is 0 Å². The van der Waals surface area contributed by atoms with Crippen LogP contribution in [0.1, 0.15) is 19.3 Å². The number of hydrogen-bond acceptors (Lipinski definition) is 4. The van der Waals surface area contributed by atoms with Crippen LogP contribution >= 0.6 is 0 Å². The second kappa shape index (κ2) is 7.31. The molecule has 4 heteroatoms. The smallest absolute Gasteiger partial charge is 0.0589 e. The van der Waals surface area contributed by atoms with Gasteiger partial charge in [0.2, 0.25) is 0 Å². The average molecular weight is 241 g/mol. The molecule has 17 heavy (non-hydrogen) atoms. The lowest BCUT2D eigenvalue weighted by molar-refractivity contribution is 0.0965. The molecular weight excluding hydrogens is 214 g/mol. The first kappa shape index (κ1) is 13.3. The van der Waals surface area contributed by atoms with Gasteiger partial charge in [-0.3, -0.25) is 4.90 Å². The SMILES string of the molecule is COCCN1CCN(CCCNC2CC2)CC1. The Morgan fingerprint density at radius 1 is 1.06 bits per heavy atom. The molecule has 0 aromatic heterocycles. The van der Waals surface area contributed by atoms with Gasteiger partial charge in [0.15, 0.2) is 0 Å². The van der Waals surface area contributed by atoms with Gasteiger partial charge in [0.25, 0.3) is 0 Å². The Hall–Kier alpha value is -0.160. The maximum absolute atomic E-state index is 5.12. The molecule has 1 N–H and O–H groups in total. The Labute approximate surface area is 105 Å². The van der Waals surface area contributed by atoms with E-state index in [0.29, 0.717) is 0 Å². The number of hydrogen-bond donors (Lipinski definition) is 1. The number of methoxy groups -OCH3 is 1. The topological polar surface area (TPSA) is 27.7 Å². The molecule has 1 aliphatic heterocycles. The lowest BCUT2D eigenvalue weighted by Crippen LogP contribution is -2.47. The molecule has 0 bridgehead atoms. The summed E-state index contributed by atoms with van der Waals surface area (Å²) in [5, 5.41) is 3.58. The second-order valence-electron chi connectivity index (χ2n) is 5.26. The van der Waals surface area contributed by atoms with E-state index in [4.69, 9.17) is 4.74 Å². The Balaban J connectivity index is 1.46. The molecule has 1 aliphatic carbocycles. The molecule has 0 atom stereocenters. The molecule has 0 aromatic rings. The quantitative estimate of drug-likeness (QED) is 0.622. The van der Waals surface area contributed by atoms with Crippen molar-refractivity contribution in [2.24, 2.45) is 0 Å².